The second-order valence-corrected chi connectivity index (χ2v) is 7.03. The summed E-state index contributed by atoms with van der Waals surface area (Å²) in [6.45, 7) is 5.76. The molecule has 0 saturated carbocycles. The topological polar surface area (TPSA) is 52.6 Å². The van der Waals surface area contributed by atoms with Crippen LogP contribution >= 0.6 is 11.6 Å². The molecule has 0 heterocycles. The van der Waals surface area contributed by atoms with Crippen LogP contribution in [0.2, 0.25) is 5.02 Å². The normalized spacial score (nSPS) is 11.1. The molecule has 5 heteroatoms. The third kappa shape index (κ3) is 6.19. The minimum Gasteiger partial charge on any atom is -0.487 e. The summed E-state index contributed by atoms with van der Waals surface area (Å²) in [5, 5.41) is 0.646. The first-order valence-corrected chi connectivity index (χ1v) is 8.89. The van der Waals surface area contributed by atoms with E-state index in [1.54, 1.807) is 43.3 Å². The number of halogens is 1. The molecule has 4 nitrogen and oxygen atoms in total. The number of ketones is 1. The van der Waals surface area contributed by atoms with Crippen molar-refractivity contribution in [1.29, 1.82) is 0 Å². The highest BCUT2D eigenvalue weighted by Crippen LogP contribution is 2.22. The van der Waals surface area contributed by atoms with E-state index in [9.17, 15) is 9.59 Å². The van der Waals surface area contributed by atoms with Crippen LogP contribution in [0, 0.1) is 0 Å². The average molecular weight is 375 g/mol. The lowest BCUT2D eigenvalue weighted by Crippen LogP contribution is -2.32. The molecule has 2 aromatic carbocycles. The summed E-state index contributed by atoms with van der Waals surface area (Å²) in [6.07, 6.45) is 0.462. The van der Waals surface area contributed by atoms with Gasteiger partial charge in [0.2, 0.25) is 0 Å². The fourth-order valence-electron chi connectivity index (χ4n) is 2.51. The van der Waals surface area contributed by atoms with Gasteiger partial charge in [-0.25, -0.2) is 0 Å². The van der Waals surface area contributed by atoms with E-state index in [1.165, 1.54) is 0 Å². The average Bonchev–Trinajstić information content (AvgIpc) is 2.56. The molecule has 0 aliphatic heterocycles. The van der Waals surface area contributed by atoms with E-state index in [0.717, 1.165) is 5.56 Å². The first kappa shape index (κ1) is 20.0. The van der Waals surface area contributed by atoms with Crippen molar-refractivity contribution in [3.8, 4) is 5.75 Å². The van der Waals surface area contributed by atoms with Gasteiger partial charge in [-0.2, -0.15) is 0 Å². The summed E-state index contributed by atoms with van der Waals surface area (Å²) in [5.41, 5.74) is 0.826. The monoisotopic (exact) mass is 374 g/mol. The molecular formula is C21H23ClO4. The predicted molar refractivity (Wildman–Crippen MR) is 102 cm³/mol. The van der Waals surface area contributed by atoms with Gasteiger partial charge in [0.25, 0.3) is 0 Å². The zero-order chi connectivity index (χ0) is 19.2. The minimum atomic E-state index is -0.693. The molecule has 2 aromatic rings. The molecule has 0 bridgehead atoms. The molecular weight excluding hydrogens is 352 g/mol. The van der Waals surface area contributed by atoms with Crippen LogP contribution in [0.3, 0.4) is 0 Å². The van der Waals surface area contributed by atoms with Gasteiger partial charge in [-0.1, -0.05) is 23.7 Å². The Morgan fingerprint density at radius 1 is 1.00 bits per heavy atom. The van der Waals surface area contributed by atoms with Gasteiger partial charge in [0.15, 0.2) is 5.78 Å². The smallest absolute Gasteiger partial charge is 0.309 e. The first-order valence-electron chi connectivity index (χ1n) is 8.51. The Kier molecular flexibility index (Phi) is 6.81. The van der Waals surface area contributed by atoms with Crippen molar-refractivity contribution in [1.82, 2.24) is 0 Å². The molecule has 0 atom stereocenters. The SMILES string of the molecule is CCOC(=O)CC(C)(C)Oc1ccc(C(=O)Cc2ccc(Cl)cc2)cc1. The summed E-state index contributed by atoms with van der Waals surface area (Å²) < 4.78 is 10.8. The second kappa shape index (κ2) is 8.86. The first-order chi connectivity index (χ1) is 12.3. The fourth-order valence-corrected chi connectivity index (χ4v) is 2.64. The van der Waals surface area contributed by atoms with Gasteiger partial charge in [-0.15, -0.1) is 0 Å². The Bertz CT molecular complexity index is 749. The summed E-state index contributed by atoms with van der Waals surface area (Å²) >= 11 is 5.86. The molecule has 26 heavy (non-hydrogen) atoms. The standard InChI is InChI=1S/C21H23ClO4/c1-4-25-20(24)14-21(2,3)26-18-11-7-16(8-12-18)19(23)13-15-5-9-17(22)10-6-15/h5-12H,4,13-14H2,1-3H3. The molecule has 0 radical (unpaired) electrons. The molecule has 0 fully saturated rings. The van der Waals surface area contributed by atoms with Crippen molar-refractivity contribution in [3.05, 3.63) is 64.7 Å². The third-order valence-electron chi connectivity index (χ3n) is 3.72. The number of esters is 1. The maximum Gasteiger partial charge on any atom is 0.309 e. The van der Waals surface area contributed by atoms with Crippen LogP contribution in [0.1, 0.15) is 43.1 Å². The number of hydrogen-bond donors (Lipinski definition) is 0. The molecule has 2 rings (SSSR count). The quantitative estimate of drug-likeness (QED) is 0.488. The number of carbonyl (C=O) groups is 2. The van der Waals surface area contributed by atoms with Crippen molar-refractivity contribution in [2.45, 2.75) is 39.2 Å². The second-order valence-electron chi connectivity index (χ2n) is 6.59. The molecule has 0 N–H and O–H groups in total. The number of ether oxygens (including phenoxy) is 2. The fraction of sp³-hybridized carbons (Fsp3) is 0.333. The third-order valence-corrected chi connectivity index (χ3v) is 3.98. The van der Waals surface area contributed by atoms with Gasteiger partial charge in [-0.3, -0.25) is 9.59 Å². The Balaban J connectivity index is 1.97. The van der Waals surface area contributed by atoms with Gasteiger partial charge >= 0.3 is 5.97 Å². The summed E-state index contributed by atoms with van der Waals surface area (Å²) in [5.74, 6) is 0.319. The van der Waals surface area contributed by atoms with Crippen LogP contribution in [-0.4, -0.2) is 24.0 Å². The van der Waals surface area contributed by atoms with Crippen molar-refractivity contribution in [2.75, 3.05) is 6.61 Å². The van der Waals surface area contributed by atoms with Crippen LogP contribution in [0.25, 0.3) is 0 Å². The highest BCUT2D eigenvalue weighted by Gasteiger charge is 2.25. The van der Waals surface area contributed by atoms with E-state index in [4.69, 9.17) is 21.1 Å². The molecule has 0 spiro atoms. The van der Waals surface area contributed by atoms with Crippen molar-refractivity contribution >= 4 is 23.4 Å². The number of rotatable bonds is 8. The minimum absolute atomic E-state index is 0.0182. The molecule has 0 aromatic heterocycles. The highest BCUT2D eigenvalue weighted by atomic mass is 35.5. The highest BCUT2D eigenvalue weighted by molar-refractivity contribution is 6.30. The lowest BCUT2D eigenvalue weighted by atomic mass is 10.0. The maximum atomic E-state index is 12.4. The lowest BCUT2D eigenvalue weighted by molar-refractivity contribution is -0.146. The van der Waals surface area contributed by atoms with E-state index < -0.39 is 5.60 Å². The summed E-state index contributed by atoms with van der Waals surface area (Å²) in [6, 6.07) is 14.2. The number of benzene rings is 2. The van der Waals surface area contributed by atoms with Crippen LogP contribution in [0.15, 0.2) is 48.5 Å². The van der Waals surface area contributed by atoms with E-state index in [2.05, 4.69) is 0 Å². The van der Waals surface area contributed by atoms with Gasteiger partial charge in [-0.05, 0) is 62.7 Å². The molecule has 0 amide bonds. The van der Waals surface area contributed by atoms with Gasteiger partial charge in [0.05, 0.1) is 13.0 Å². The molecule has 0 unspecified atom stereocenters. The van der Waals surface area contributed by atoms with Gasteiger partial charge in [0.1, 0.15) is 11.4 Å². The Labute approximate surface area is 159 Å². The van der Waals surface area contributed by atoms with Crippen LogP contribution in [-0.2, 0) is 16.0 Å². The molecule has 0 aliphatic rings. The van der Waals surface area contributed by atoms with Crippen molar-refractivity contribution in [2.24, 2.45) is 0 Å². The predicted octanol–water partition coefficient (Wildman–Crippen LogP) is 4.88. The zero-order valence-corrected chi connectivity index (χ0v) is 16.0. The van der Waals surface area contributed by atoms with Crippen LogP contribution < -0.4 is 4.74 Å². The van der Waals surface area contributed by atoms with E-state index in [1.807, 2.05) is 26.0 Å². The number of hydrogen-bond acceptors (Lipinski definition) is 4. The summed E-state index contributed by atoms with van der Waals surface area (Å²) in [4.78, 5) is 24.0. The number of carbonyl (C=O) groups excluding carboxylic acids is 2. The largest absolute Gasteiger partial charge is 0.487 e. The Morgan fingerprint density at radius 3 is 2.19 bits per heavy atom. The van der Waals surface area contributed by atoms with Crippen molar-refractivity contribution < 1.29 is 19.1 Å². The van der Waals surface area contributed by atoms with E-state index in [0.29, 0.717) is 29.4 Å². The maximum absolute atomic E-state index is 12.4. The van der Waals surface area contributed by atoms with Crippen molar-refractivity contribution in [3.63, 3.8) is 0 Å². The van der Waals surface area contributed by atoms with Crippen LogP contribution in [0.5, 0.6) is 5.75 Å². The molecule has 0 saturated heterocycles. The van der Waals surface area contributed by atoms with Gasteiger partial charge in [0, 0.05) is 17.0 Å². The van der Waals surface area contributed by atoms with E-state index >= 15 is 0 Å². The van der Waals surface area contributed by atoms with Gasteiger partial charge < -0.3 is 9.47 Å². The molecule has 0 aliphatic carbocycles. The van der Waals surface area contributed by atoms with Crippen LogP contribution in [0.4, 0.5) is 0 Å². The Morgan fingerprint density at radius 2 is 1.62 bits per heavy atom. The van der Waals surface area contributed by atoms with E-state index in [-0.39, 0.29) is 18.2 Å². The summed E-state index contributed by atoms with van der Waals surface area (Å²) in [7, 11) is 0. The lowest BCUT2D eigenvalue weighted by Gasteiger charge is -2.25. The number of Topliss-reactive ketones (excluding diaryl/α,β-unsaturated/α-hetero) is 1. The molecule has 138 valence electrons. The Hall–Kier alpha value is -2.33. The zero-order valence-electron chi connectivity index (χ0n) is 15.3.